The highest BCUT2D eigenvalue weighted by Crippen LogP contribution is 2.39. The molecular formula is C20H24N2O5S. The van der Waals surface area contributed by atoms with Crippen LogP contribution in [0.5, 0.6) is 0 Å². The molecule has 7 nitrogen and oxygen atoms in total. The minimum absolute atomic E-state index is 0.0609. The molecule has 150 valence electrons. The number of carboxylic acids is 1. The molecular weight excluding hydrogens is 380 g/mol. The summed E-state index contributed by atoms with van der Waals surface area (Å²) in [5.74, 6) is -1.19. The van der Waals surface area contributed by atoms with Crippen LogP contribution in [0, 0.1) is 0 Å². The summed E-state index contributed by atoms with van der Waals surface area (Å²) in [4.78, 5) is 25.4. The maximum atomic E-state index is 13.1. The molecule has 2 aromatic carbocycles. The molecule has 1 aliphatic heterocycles. The van der Waals surface area contributed by atoms with Crippen molar-refractivity contribution in [3.05, 3.63) is 35.9 Å². The summed E-state index contributed by atoms with van der Waals surface area (Å²) in [5, 5.41) is 10.2. The highest BCUT2D eigenvalue weighted by Gasteiger charge is 2.32. The number of nitrogens with zero attached hydrogens (tertiary/aromatic N) is 1. The van der Waals surface area contributed by atoms with Gasteiger partial charge in [0.25, 0.3) is 5.91 Å². The Kier molecular flexibility index (Phi) is 5.71. The van der Waals surface area contributed by atoms with Gasteiger partial charge in [-0.25, -0.2) is 13.1 Å². The van der Waals surface area contributed by atoms with E-state index in [2.05, 4.69) is 4.72 Å². The molecule has 1 amide bonds. The van der Waals surface area contributed by atoms with Gasteiger partial charge in [-0.1, -0.05) is 31.9 Å². The smallest absolute Gasteiger partial charge is 0.304 e. The number of aliphatic carboxylic acids is 1. The number of anilines is 1. The van der Waals surface area contributed by atoms with Gasteiger partial charge in [-0.15, -0.1) is 0 Å². The number of carbonyl (C=O) groups is 2. The third-order valence-electron chi connectivity index (χ3n) is 5.00. The molecule has 1 atom stereocenters. The first-order valence-electron chi connectivity index (χ1n) is 9.41. The SMILES string of the molecule is CCCCC(CC(=O)O)NS(=O)(=O)c1ccc2c3c(cccc13)C(=O)N2CC. The summed E-state index contributed by atoms with van der Waals surface area (Å²) in [5.41, 5.74) is 1.18. The number of nitrogens with one attached hydrogen (secondary N) is 1. The second-order valence-electron chi connectivity index (χ2n) is 6.92. The van der Waals surface area contributed by atoms with Crippen LogP contribution < -0.4 is 9.62 Å². The Bertz CT molecular complexity index is 1030. The maximum absolute atomic E-state index is 13.1. The van der Waals surface area contributed by atoms with Gasteiger partial charge in [0.15, 0.2) is 0 Å². The van der Waals surface area contributed by atoms with Crippen LogP contribution in [0.15, 0.2) is 35.2 Å². The fourth-order valence-electron chi connectivity index (χ4n) is 3.71. The lowest BCUT2D eigenvalue weighted by atomic mass is 10.1. The van der Waals surface area contributed by atoms with Crippen LogP contribution in [-0.2, 0) is 14.8 Å². The molecule has 3 rings (SSSR count). The number of carbonyl (C=O) groups excluding carboxylic acids is 1. The van der Waals surface area contributed by atoms with E-state index in [1.165, 1.54) is 6.07 Å². The lowest BCUT2D eigenvalue weighted by molar-refractivity contribution is -0.137. The third-order valence-corrected chi connectivity index (χ3v) is 6.58. The van der Waals surface area contributed by atoms with Crippen molar-refractivity contribution in [1.29, 1.82) is 0 Å². The number of rotatable bonds is 9. The minimum atomic E-state index is -3.95. The summed E-state index contributed by atoms with van der Waals surface area (Å²) in [6, 6.07) is 7.50. The summed E-state index contributed by atoms with van der Waals surface area (Å²) >= 11 is 0. The highest BCUT2D eigenvalue weighted by molar-refractivity contribution is 7.89. The van der Waals surface area contributed by atoms with Crippen molar-refractivity contribution in [1.82, 2.24) is 4.72 Å². The molecule has 0 bridgehead atoms. The molecule has 0 fully saturated rings. The molecule has 8 heteroatoms. The molecule has 0 aromatic heterocycles. The Morgan fingerprint density at radius 1 is 1.21 bits per heavy atom. The van der Waals surface area contributed by atoms with Crippen molar-refractivity contribution in [3.63, 3.8) is 0 Å². The van der Waals surface area contributed by atoms with Gasteiger partial charge < -0.3 is 10.0 Å². The third kappa shape index (κ3) is 3.62. The average molecular weight is 404 g/mol. The van der Waals surface area contributed by atoms with Crippen molar-refractivity contribution in [2.24, 2.45) is 0 Å². The van der Waals surface area contributed by atoms with E-state index in [0.717, 1.165) is 12.8 Å². The van der Waals surface area contributed by atoms with Crippen molar-refractivity contribution in [2.45, 2.75) is 50.5 Å². The number of unbranched alkanes of at least 4 members (excludes halogenated alkanes) is 1. The zero-order chi connectivity index (χ0) is 20.5. The summed E-state index contributed by atoms with van der Waals surface area (Å²) in [6.45, 7) is 4.32. The Morgan fingerprint density at radius 3 is 2.61 bits per heavy atom. The lowest BCUT2D eigenvalue weighted by Gasteiger charge is -2.19. The maximum Gasteiger partial charge on any atom is 0.304 e. The number of hydrogen-bond acceptors (Lipinski definition) is 4. The van der Waals surface area contributed by atoms with Crippen LogP contribution in [0.4, 0.5) is 5.69 Å². The van der Waals surface area contributed by atoms with E-state index in [-0.39, 0.29) is 17.2 Å². The number of carboxylic acid groups (broad SMARTS) is 1. The molecule has 0 radical (unpaired) electrons. The molecule has 0 saturated heterocycles. The zero-order valence-electron chi connectivity index (χ0n) is 15.9. The van der Waals surface area contributed by atoms with E-state index in [4.69, 9.17) is 5.11 Å². The molecule has 2 N–H and O–H groups in total. The second kappa shape index (κ2) is 7.89. The monoisotopic (exact) mass is 404 g/mol. The quantitative estimate of drug-likeness (QED) is 0.668. The van der Waals surface area contributed by atoms with Gasteiger partial charge >= 0.3 is 5.97 Å². The first-order valence-corrected chi connectivity index (χ1v) is 10.9. The van der Waals surface area contributed by atoms with E-state index < -0.39 is 22.0 Å². The molecule has 0 spiro atoms. The Morgan fingerprint density at radius 2 is 1.96 bits per heavy atom. The van der Waals surface area contributed by atoms with E-state index in [1.54, 1.807) is 29.2 Å². The second-order valence-corrected chi connectivity index (χ2v) is 8.60. The van der Waals surface area contributed by atoms with Crippen LogP contribution >= 0.6 is 0 Å². The van der Waals surface area contributed by atoms with Gasteiger partial charge in [0.2, 0.25) is 10.0 Å². The normalized spacial score (nSPS) is 14.6. The molecule has 2 aromatic rings. The predicted molar refractivity (Wildman–Crippen MR) is 107 cm³/mol. The van der Waals surface area contributed by atoms with E-state index in [1.807, 2.05) is 13.8 Å². The van der Waals surface area contributed by atoms with E-state index in [9.17, 15) is 18.0 Å². The highest BCUT2D eigenvalue weighted by atomic mass is 32.2. The molecule has 0 aliphatic carbocycles. The van der Waals surface area contributed by atoms with Crippen LogP contribution in [-0.4, -0.2) is 38.0 Å². The predicted octanol–water partition coefficient (Wildman–Crippen LogP) is 3.13. The number of benzene rings is 2. The van der Waals surface area contributed by atoms with Gasteiger partial charge in [-0.2, -0.15) is 0 Å². The van der Waals surface area contributed by atoms with Crippen molar-refractivity contribution in [3.8, 4) is 0 Å². The van der Waals surface area contributed by atoms with E-state index >= 15 is 0 Å². The molecule has 28 heavy (non-hydrogen) atoms. The van der Waals surface area contributed by atoms with Crippen LogP contribution in [0.3, 0.4) is 0 Å². The van der Waals surface area contributed by atoms with E-state index in [0.29, 0.717) is 35.0 Å². The van der Waals surface area contributed by atoms with Crippen LogP contribution in [0.1, 0.15) is 49.9 Å². The standard InChI is InChI=1S/C20H24N2O5S/c1-3-5-7-13(12-18(23)24)21-28(26,27)17-11-10-16-19-14(17)8-6-9-15(19)20(25)22(16)4-2/h6,8-11,13,21H,3-5,7,12H2,1-2H3,(H,23,24). The Balaban J connectivity index is 2.05. The molecule has 0 saturated carbocycles. The first-order chi connectivity index (χ1) is 13.3. The lowest BCUT2D eigenvalue weighted by Crippen LogP contribution is -2.36. The van der Waals surface area contributed by atoms with Gasteiger partial charge in [0.05, 0.1) is 17.0 Å². The molecule has 1 unspecified atom stereocenters. The fourth-order valence-corrected chi connectivity index (χ4v) is 5.19. The van der Waals surface area contributed by atoms with Gasteiger partial charge in [-0.3, -0.25) is 9.59 Å². The number of amides is 1. The largest absolute Gasteiger partial charge is 0.481 e. The topological polar surface area (TPSA) is 104 Å². The van der Waals surface area contributed by atoms with Crippen molar-refractivity contribution >= 4 is 38.4 Å². The molecule has 1 heterocycles. The van der Waals surface area contributed by atoms with Crippen molar-refractivity contribution < 1.29 is 23.1 Å². The van der Waals surface area contributed by atoms with Gasteiger partial charge in [0, 0.05) is 28.9 Å². The summed E-state index contributed by atoms with van der Waals surface area (Å²) < 4.78 is 28.7. The van der Waals surface area contributed by atoms with Gasteiger partial charge in [0.1, 0.15) is 0 Å². The Hall–Kier alpha value is -2.45. The summed E-state index contributed by atoms with van der Waals surface area (Å²) in [7, 11) is -3.95. The molecule has 1 aliphatic rings. The van der Waals surface area contributed by atoms with Gasteiger partial charge in [-0.05, 0) is 31.5 Å². The Labute approximate surface area is 164 Å². The van der Waals surface area contributed by atoms with Crippen LogP contribution in [0.25, 0.3) is 10.8 Å². The zero-order valence-corrected chi connectivity index (χ0v) is 16.8. The van der Waals surface area contributed by atoms with Crippen molar-refractivity contribution in [2.75, 3.05) is 11.4 Å². The van der Waals surface area contributed by atoms with Crippen LogP contribution in [0.2, 0.25) is 0 Å². The minimum Gasteiger partial charge on any atom is -0.481 e. The number of sulfonamides is 1. The fraction of sp³-hybridized carbons (Fsp3) is 0.400. The summed E-state index contributed by atoms with van der Waals surface area (Å²) in [6.07, 6.45) is 1.74. The average Bonchev–Trinajstić information content (AvgIpc) is 2.92. The first kappa shape index (κ1) is 20.3. The number of hydrogen-bond donors (Lipinski definition) is 2.